The Hall–Kier alpha value is 0.450. The summed E-state index contributed by atoms with van der Waals surface area (Å²) in [6.45, 7) is 1.20. The van der Waals surface area contributed by atoms with Crippen LogP contribution in [0.25, 0.3) is 0 Å². The molecule has 1 aromatic carbocycles. The summed E-state index contributed by atoms with van der Waals surface area (Å²) < 4.78 is 2.40. The number of aryl methyl sites for hydroxylation is 1. The van der Waals surface area contributed by atoms with Gasteiger partial charge in [0.05, 0.1) is 28.6 Å². The van der Waals surface area contributed by atoms with E-state index < -0.39 is 0 Å². The second kappa shape index (κ2) is 4.98. The normalized spacial score (nSPS) is 19.9. The monoisotopic (exact) mass is 363 g/mol. The van der Waals surface area contributed by atoms with Gasteiger partial charge in [-0.1, -0.05) is 0 Å². The van der Waals surface area contributed by atoms with Crippen molar-refractivity contribution in [3.8, 4) is 0 Å². The van der Waals surface area contributed by atoms with Crippen LogP contribution in [-0.2, 0) is 6.42 Å². The lowest BCUT2D eigenvalue weighted by Crippen LogP contribution is -2.10. The Bertz CT molecular complexity index is 408. The fraction of sp³-hybridized carbons (Fsp3) is 0.500. The lowest BCUT2D eigenvalue weighted by atomic mass is 10.1. The molecule has 0 saturated carbocycles. The van der Waals surface area contributed by atoms with Crippen molar-refractivity contribution in [1.82, 2.24) is 0 Å². The zero-order valence-electron chi connectivity index (χ0n) is 9.04. The number of hydrogen-bond donors (Lipinski definition) is 0. The van der Waals surface area contributed by atoms with Crippen LogP contribution in [0.5, 0.6) is 0 Å². The van der Waals surface area contributed by atoms with Gasteiger partial charge in [-0.2, -0.15) is 0 Å². The Morgan fingerprint density at radius 2 is 1.81 bits per heavy atom. The maximum absolute atomic E-state index is 2.47. The first-order chi connectivity index (χ1) is 7.84. The minimum atomic E-state index is 1.20. The zero-order valence-corrected chi connectivity index (χ0v) is 12.8. The first-order valence-corrected chi connectivity index (χ1v) is 8.64. The molecule has 86 valence electrons. The quantitative estimate of drug-likeness (QED) is 0.498. The molecule has 0 N–H and O–H groups in total. The fourth-order valence-electron chi connectivity index (χ4n) is 2.23. The molecule has 0 bridgehead atoms. The molecule has 2 aliphatic heterocycles. The van der Waals surface area contributed by atoms with Crippen LogP contribution in [0.15, 0.2) is 21.9 Å². The number of fused-ring (bicyclic) bond motifs is 2. The summed E-state index contributed by atoms with van der Waals surface area (Å²) in [4.78, 5) is 3.01. The van der Waals surface area contributed by atoms with Crippen molar-refractivity contribution in [3.63, 3.8) is 0 Å². The smallest absolute Gasteiger partial charge is 0.0591 e. The third-order valence-electron chi connectivity index (χ3n) is 3.06. The lowest BCUT2D eigenvalue weighted by Gasteiger charge is -2.21. The van der Waals surface area contributed by atoms with Gasteiger partial charge in [0, 0.05) is 27.8 Å². The molecule has 2 heterocycles. The summed E-state index contributed by atoms with van der Waals surface area (Å²) in [5.74, 6) is 2.53. The molecule has 0 amide bonds. The van der Waals surface area contributed by atoms with Crippen LogP contribution >= 0.6 is 46.4 Å². The molecule has 0 radical (unpaired) electrons. The van der Waals surface area contributed by atoms with Crippen LogP contribution in [0.3, 0.4) is 0 Å². The van der Waals surface area contributed by atoms with Crippen LogP contribution in [0, 0.1) is 0 Å². The molecule has 0 fully saturated rings. The highest BCUT2D eigenvalue weighted by molar-refractivity contribution is 14.1. The maximum Gasteiger partial charge on any atom is 0.0591 e. The van der Waals surface area contributed by atoms with Crippen molar-refractivity contribution in [2.45, 2.75) is 29.1 Å². The summed E-state index contributed by atoms with van der Waals surface area (Å²) in [6.07, 6.45) is 3.92. The minimum absolute atomic E-state index is 1.20. The van der Waals surface area contributed by atoms with Crippen molar-refractivity contribution in [2.75, 3.05) is 21.2 Å². The lowest BCUT2D eigenvalue weighted by molar-refractivity contribution is 0.776. The van der Waals surface area contributed by atoms with Gasteiger partial charge in [0.2, 0.25) is 0 Å². The number of nitrogens with zero attached hydrogens (tertiary/aromatic N) is 1. The molecule has 16 heavy (non-hydrogen) atoms. The zero-order chi connectivity index (χ0) is 11.0. The van der Waals surface area contributed by atoms with Gasteiger partial charge < -0.3 is 3.11 Å². The predicted molar refractivity (Wildman–Crippen MR) is 82.2 cm³/mol. The van der Waals surface area contributed by atoms with E-state index in [0.29, 0.717) is 0 Å². The van der Waals surface area contributed by atoms with Crippen molar-refractivity contribution >= 4 is 52.1 Å². The highest BCUT2D eigenvalue weighted by atomic mass is 127. The summed E-state index contributed by atoms with van der Waals surface area (Å²) >= 11 is 6.51. The van der Waals surface area contributed by atoms with Gasteiger partial charge in [-0.05, 0) is 37.0 Å². The topological polar surface area (TPSA) is 3.24 Å². The van der Waals surface area contributed by atoms with Crippen LogP contribution < -0.4 is 3.11 Å². The molecular formula is C12H14INS2. The fourth-order valence-corrected chi connectivity index (χ4v) is 5.31. The molecule has 0 unspecified atom stereocenters. The summed E-state index contributed by atoms with van der Waals surface area (Å²) in [5, 5.41) is 0. The van der Waals surface area contributed by atoms with E-state index in [-0.39, 0.29) is 0 Å². The molecule has 4 heteroatoms. The van der Waals surface area contributed by atoms with Crippen LogP contribution in [0.4, 0.5) is 5.69 Å². The third kappa shape index (κ3) is 2.20. The predicted octanol–water partition coefficient (Wildman–Crippen LogP) is 4.38. The number of anilines is 1. The van der Waals surface area contributed by atoms with E-state index in [1.165, 1.54) is 52.8 Å². The molecule has 0 saturated heterocycles. The highest BCUT2D eigenvalue weighted by Crippen LogP contribution is 2.42. The molecule has 0 atom stereocenters. The highest BCUT2D eigenvalue weighted by Gasteiger charge is 2.18. The van der Waals surface area contributed by atoms with E-state index in [1.54, 1.807) is 5.56 Å². The average Bonchev–Trinajstić information content (AvgIpc) is 2.49. The standard InChI is InChI=1S/C12H14INS2/c13-14-4-2-1-3-9-7-11-12(8-10(9)14)16-6-5-15-11/h7-8H,1-6H2. The van der Waals surface area contributed by atoms with Crippen LogP contribution in [0.2, 0.25) is 0 Å². The van der Waals surface area contributed by atoms with E-state index in [2.05, 4.69) is 38.1 Å². The van der Waals surface area contributed by atoms with Gasteiger partial charge >= 0.3 is 0 Å². The van der Waals surface area contributed by atoms with Gasteiger partial charge in [0.15, 0.2) is 0 Å². The molecule has 0 aromatic heterocycles. The van der Waals surface area contributed by atoms with E-state index >= 15 is 0 Å². The van der Waals surface area contributed by atoms with Crippen molar-refractivity contribution in [1.29, 1.82) is 0 Å². The molecule has 1 nitrogen and oxygen atoms in total. The maximum atomic E-state index is 2.47. The van der Waals surface area contributed by atoms with Crippen LogP contribution in [-0.4, -0.2) is 18.1 Å². The van der Waals surface area contributed by atoms with Crippen molar-refractivity contribution < 1.29 is 0 Å². The van der Waals surface area contributed by atoms with Gasteiger partial charge in [-0.3, -0.25) is 0 Å². The Morgan fingerprint density at radius 3 is 2.62 bits per heavy atom. The first kappa shape index (κ1) is 11.5. The summed E-state index contributed by atoms with van der Waals surface area (Å²) in [6, 6.07) is 4.86. The average molecular weight is 363 g/mol. The number of hydrogen-bond acceptors (Lipinski definition) is 3. The SMILES string of the molecule is IN1CCCCc2cc3c(cc21)SCCS3. The Balaban J connectivity index is 2.06. The van der Waals surface area contributed by atoms with Crippen molar-refractivity contribution in [3.05, 3.63) is 17.7 Å². The summed E-state index contributed by atoms with van der Waals surface area (Å²) in [7, 11) is 0. The Morgan fingerprint density at radius 1 is 1.06 bits per heavy atom. The van der Waals surface area contributed by atoms with E-state index in [9.17, 15) is 0 Å². The number of benzene rings is 1. The molecule has 1 aromatic rings. The molecular weight excluding hydrogens is 349 g/mol. The van der Waals surface area contributed by atoms with Gasteiger partial charge in [-0.25, -0.2) is 0 Å². The summed E-state index contributed by atoms with van der Waals surface area (Å²) in [5.41, 5.74) is 3.02. The second-order valence-corrected chi connectivity index (χ2v) is 7.61. The van der Waals surface area contributed by atoms with Gasteiger partial charge in [0.25, 0.3) is 0 Å². The van der Waals surface area contributed by atoms with Gasteiger partial charge in [-0.15, -0.1) is 23.5 Å². The molecule has 0 spiro atoms. The number of rotatable bonds is 0. The van der Waals surface area contributed by atoms with E-state index in [4.69, 9.17) is 0 Å². The minimum Gasteiger partial charge on any atom is -0.314 e. The van der Waals surface area contributed by atoms with Crippen LogP contribution in [0.1, 0.15) is 18.4 Å². The number of thioether (sulfide) groups is 2. The molecule has 0 aliphatic carbocycles. The second-order valence-electron chi connectivity index (χ2n) is 4.17. The van der Waals surface area contributed by atoms with Gasteiger partial charge in [0.1, 0.15) is 0 Å². The van der Waals surface area contributed by atoms with Crippen molar-refractivity contribution in [2.24, 2.45) is 0 Å². The Labute approximate surface area is 119 Å². The number of halogens is 1. The largest absolute Gasteiger partial charge is 0.314 e. The van der Waals surface area contributed by atoms with E-state index in [0.717, 1.165) is 0 Å². The van der Waals surface area contributed by atoms with E-state index in [1.807, 2.05) is 23.5 Å². The first-order valence-electron chi connectivity index (χ1n) is 5.70. The third-order valence-corrected chi connectivity index (χ3v) is 6.56. The molecule has 2 aliphatic rings. The molecule has 3 rings (SSSR count). The Kier molecular flexibility index (Phi) is 3.59.